The van der Waals surface area contributed by atoms with Crippen molar-refractivity contribution in [2.24, 2.45) is 12.8 Å². The molecule has 0 spiro atoms. The van der Waals surface area contributed by atoms with E-state index in [1.807, 2.05) is 17.9 Å². The minimum absolute atomic E-state index is 0.544. The van der Waals surface area contributed by atoms with Crippen LogP contribution in [0.2, 0.25) is 0 Å². The summed E-state index contributed by atoms with van der Waals surface area (Å²) in [5.41, 5.74) is 8.87. The second kappa shape index (κ2) is 3.03. The monoisotopic (exact) mass is 202 g/mol. The molecule has 0 saturated heterocycles. The maximum Gasteiger partial charge on any atom is 0.157 e. The van der Waals surface area contributed by atoms with E-state index in [1.165, 1.54) is 23.9 Å². The molecule has 3 rings (SSSR count). The van der Waals surface area contributed by atoms with Crippen molar-refractivity contribution in [3.63, 3.8) is 0 Å². The lowest BCUT2D eigenvalue weighted by Crippen LogP contribution is -1.97. The van der Waals surface area contributed by atoms with E-state index >= 15 is 0 Å². The highest BCUT2D eigenvalue weighted by Gasteiger charge is 2.28. The van der Waals surface area contributed by atoms with Gasteiger partial charge in [0.05, 0.1) is 5.69 Å². The van der Waals surface area contributed by atoms with E-state index in [9.17, 15) is 0 Å². The fourth-order valence-corrected chi connectivity index (χ4v) is 1.98. The van der Waals surface area contributed by atoms with Crippen LogP contribution in [0.15, 0.2) is 12.3 Å². The van der Waals surface area contributed by atoms with Gasteiger partial charge in [-0.25, -0.2) is 4.98 Å². The summed E-state index contributed by atoms with van der Waals surface area (Å²) in [4.78, 5) is 4.40. The predicted octanol–water partition coefficient (Wildman–Crippen LogP) is 1.30. The SMILES string of the molecule is Cn1nc(C2CC2)c2cc(CN)cnc21. The Kier molecular flexibility index (Phi) is 1.79. The van der Waals surface area contributed by atoms with Crippen molar-refractivity contribution < 1.29 is 0 Å². The third-order valence-electron chi connectivity index (χ3n) is 2.96. The Balaban J connectivity index is 2.26. The molecule has 0 unspecified atom stereocenters. The lowest BCUT2D eigenvalue weighted by atomic mass is 10.1. The summed E-state index contributed by atoms with van der Waals surface area (Å²) < 4.78 is 1.86. The first kappa shape index (κ1) is 8.85. The molecular weight excluding hydrogens is 188 g/mol. The third-order valence-corrected chi connectivity index (χ3v) is 2.96. The van der Waals surface area contributed by atoms with Gasteiger partial charge in [-0.3, -0.25) is 4.68 Å². The maximum absolute atomic E-state index is 5.62. The van der Waals surface area contributed by atoms with E-state index in [4.69, 9.17) is 5.73 Å². The smallest absolute Gasteiger partial charge is 0.157 e. The Bertz CT molecular complexity index is 511. The molecule has 1 fully saturated rings. The van der Waals surface area contributed by atoms with E-state index < -0.39 is 0 Å². The van der Waals surface area contributed by atoms with Crippen LogP contribution in [-0.2, 0) is 13.6 Å². The van der Waals surface area contributed by atoms with Crippen LogP contribution in [0.3, 0.4) is 0 Å². The van der Waals surface area contributed by atoms with Gasteiger partial charge in [0.1, 0.15) is 0 Å². The van der Waals surface area contributed by atoms with Crippen LogP contribution >= 0.6 is 0 Å². The Morgan fingerprint density at radius 3 is 3.00 bits per heavy atom. The zero-order valence-corrected chi connectivity index (χ0v) is 8.77. The van der Waals surface area contributed by atoms with Gasteiger partial charge in [-0.2, -0.15) is 5.10 Å². The minimum atomic E-state index is 0.544. The second-order valence-electron chi connectivity index (χ2n) is 4.20. The number of hydrogen-bond donors (Lipinski definition) is 1. The van der Waals surface area contributed by atoms with Gasteiger partial charge in [0.25, 0.3) is 0 Å². The molecule has 4 nitrogen and oxygen atoms in total. The summed E-state index contributed by atoms with van der Waals surface area (Å²) in [7, 11) is 1.95. The standard InChI is InChI=1S/C11H14N4/c1-15-11-9(4-7(5-12)6-13-11)10(14-15)8-2-3-8/h4,6,8H,2-3,5,12H2,1H3. The summed E-state index contributed by atoms with van der Waals surface area (Å²) in [6, 6.07) is 2.13. The zero-order chi connectivity index (χ0) is 10.4. The first-order valence-corrected chi connectivity index (χ1v) is 5.31. The molecule has 2 aromatic heterocycles. The molecule has 0 aromatic carbocycles. The molecule has 0 atom stereocenters. The number of pyridine rings is 1. The molecule has 2 N–H and O–H groups in total. The van der Waals surface area contributed by atoms with Crippen molar-refractivity contribution in [2.45, 2.75) is 25.3 Å². The van der Waals surface area contributed by atoms with Crippen LogP contribution in [0.5, 0.6) is 0 Å². The summed E-state index contributed by atoms with van der Waals surface area (Å²) in [5, 5.41) is 5.72. The van der Waals surface area contributed by atoms with Gasteiger partial charge in [-0.1, -0.05) is 0 Å². The summed E-state index contributed by atoms with van der Waals surface area (Å²) in [5.74, 6) is 0.656. The van der Waals surface area contributed by atoms with Gasteiger partial charge in [-0.15, -0.1) is 0 Å². The molecule has 78 valence electrons. The Morgan fingerprint density at radius 2 is 2.33 bits per heavy atom. The number of aryl methyl sites for hydroxylation is 1. The van der Waals surface area contributed by atoms with Crippen LogP contribution in [0.1, 0.15) is 30.0 Å². The zero-order valence-electron chi connectivity index (χ0n) is 8.77. The van der Waals surface area contributed by atoms with E-state index in [2.05, 4.69) is 16.1 Å². The lowest BCUT2D eigenvalue weighted by molar-refractivity contribution is 0.759. The Morgan fingerprint density at radius 1 is 1.53 bits per heavy atom. The van der Waals surface area contributed by atoms with Gasteiger partial charge >= 0.3 is 0 Å². The average molecular weight is 202 g/mol. The average Bonchev–Trinajstić information content (AvgIpc) is 3.04. The summed E-state index contributed by atoms with van der Waals surface area (Å²) in [6.07, 6.45) is 4.36. The molecule has 1 saturated carbocycles. The Labute approximate surface area is 88.1 Å². The lowest BCUT2D eigenvalue weighted by Gasteiger charge is -1.97. The summed E-state index contributed by atoms with van der Waals surface area (Å²) >= 11 is 0. The van der Waals surface area contributed by atoms with E-state index in [0.717, 1.165) is 11.2 Å². The first-order valence-electron chi connectivity index (χ1n) is 5.31. The van der Waals surface area contributed by atoms with Crippen LogP contribution in [0.4, 0.5) is 0 Å². The maximum atomic E-state index is 5.62. The van der Waals surface area contributed by atoms with Crippen LogP contribution in [-0.4, -0.2) is 14.8 Å². The van der Waals surface area contributed by atoms with Crippen molar-refractivity contribution in [1.29, 1.82) is 0 Å². The highest BCUT2D eigenvalue weighted by Crippen LogP contribution is 2.42. The number of aromatic nitrogens is 3. The molecule has 15 heavy (non-hydrogen) atoms. The molecule has 0 bridgehead atoms. The van der Waals surface area contributed by atoms with Crippen LogP contribution in [0.25, 0.3) is 11.0 Å². The van der Waals surface area contributed by atoms with Gasteiger partial charge < -0.3 is 5.73 Å². The number of nitrogens with zero attached hydrogens (tertiary/aromatic N) is 3. The predicted molar refractivity (Wildman–Crippen MR) is 58.4 cm³/mol. The third kappa shape index (κ3) is 1.33. The fourth-order valence-electron chi connectivity index (χ4n) is 1.98. The Hall–Kier alpha value is -1.42. The molecule has 0 aliphatic heterocycles. The highest BCUT2D eigenvalue weighted by atomic mass is 15.3. The fraction of sp³-hybridized carbons (Fsp3) is 0.455. The van der Waals surface area contributed by atoms with Crippen LogP contribution < -0.4 is 5.73 Å². The van der Waals surface area contributed by atoms with Crippen molar-refractivity contribution in [1.82, 2.24) is 14.8 Å². The highest BCUT2D eigenvalue weighted by molar-refractivity contribution is 5.79. The van der Waals surface area contributed by atoms with Crippen molar-refractivity contribution >= 4 is 11.0 Å². The van der Waals surface area contributed by atoms with Gasteiger partial charge in [0.15, 0.2) is 5.65 Å². The number of rotatable bonds is 2. The molecule has 1 aliphatic rings. The van der Waals surface area contributed by atoms with E-state index in [1.54, 1.807) is 0 Å². The number of fused-ring (bicyclic) bond motifs is 1. The quantitative estimate of drug-likeness (QED) is 0.798. The molecule has 2 heterocycles. The van der Waals surface area contributed by atoms with E-state index in [-0.39, 0.29) is 0 Å². The number of nitrogens with two attached hydrogens (primary N) is 1. The van der Waals surface area contributed by atoms with Crippen molar-refractivity contribution in [3.05, 3.63) is 23.5 Å². The number of hydrogen-bond acceptors (Lipinski definition) is 3. The van der Waals surface area contributed by atoms with Crippen molar-refractivity contribution in [2.75, 3.05) is 0 Å². The van der Waals surface area contributed by atoms with Gasteiger partial charge in [0, 0.05) is 31.1 Å². The summed E-state index contributed by atoms with van der Waals surface area (Å²) in [6.45, 7) is 0.544. The molecule has 4 heteroatoms. The molecule has 0 amide bonds. The van der Waals surface area contributed by atoms with Gasteiger partial charge in [-0.05, 0) is 24.5 Å². The molecule has 1 aliphatic carbocycles. The molecule has 0 radical (unpaired) electrons. The normalized spacial score (nSPS) is 16.1. The topological polar surface area (TPSA) is 56.7 Å². The minimum Gasteiger partial charge on any atom is -0.326 e. The largest absolute Gasteiger partial charge is 0.326 e. The van der Waals surface area contributed by atoms with Crippen molar-refractivity contribution in [3.8, 4) is 0 Å². The van der Waals surface area contributed by atoms with Gasteiger partial charge in [0.2, 0.25) is 0 Å². The first-order chi connectivity index (χ1) is 7.29. The van der Waals surface area contributed by atoms with E-state index in [0.29, 0.717) is 12.5 Å². The molecular formula is C11H14N4. The second-order valence-corrected chi connectivity index (χ2v) is 4.20. The van der Waals surface area contributed by atoms with Crippen LogP contribution in [0, 0.1) is 0 Å². The molecule has 2 aromatic rings.